The third-order valence-electron chi connectivity index (χ3n) is 5.77. The second-order valence-electron chi connectivity index (χ2n) is 7.13. The predicted octanol–water partition coefficient (Wildman–Crippen LogP) is 0.944. The zero-order valence-corrected chi connectivity index (χ0v) is 14.8. The van der Waals surface area contributed by atoms with Crippen LogP contribution >= 0.6 is 0 Å². The number of allylic oxidation sites excluding steroid dienone is 4. The summed E-state index contributed by atoms with van der Waals surface area (Å²) in [7, 11) is 1.31. The number of aliphatic hydroxyl groups excluding tert-OH is 1. The van der Waals surface area contributed by atoms with E-state index >= 15 is 0 Å². The van der Waals surface area contributed by atoms with Crippen molar-refractivity contribution in [2.45, 2.75) is 12.0 Å². The van der Waals surface area contributed by atoms with Crippen molar-refractivity contribution >= 4 is 17.5 Å². The molecule has 4 atom stereocenters. The van der Waals surface area contributed by atoms with E-state index in [1.807, 2.05) is 0 Å². The van der Waals surface area contributed by atoms with Crippen molar-refractivity contribution in [2.75, 3.05) is 20.5 Å². The zero-order chi connectivity index (χ0) is 19.6. The molecule has 1 saturated heterocycles. The Labute approximate surface area is 159 Å². The smallest absolute Gasteiger partial charge is 0.310 e. The lowest BCUT2D eigenvalue weighted by molar-refractivity contribution is -0.141. The van der Waals surface area contributed by atoms with E-state index in [1.165, 1.54) is 19.3 Å². The number of cyclic esters (lactones) is 1. The molecule has 0 radical (unpaired) electrons. The van der Waals surface area contributed by atoms with E-state index in [0.717, 1.165) is 0 Å². The van der Waals surface area contributed by atoms with Crippen LogP contribution in [0.5, 0.6) is 11.5 Å². The van der Waals surface area contributed by atoms with Gasteiger partial charge in [-0.3, -0.25) is 14.4 Å². The topological polar surface area (TPSA) is 108 Å². The number of hydrogen-bond acceptors (Lipinski definition) is 8. The molecule has 1 aromatic carbocycles. The highest BCUT2D eigenvalue weighted by molar-refractivity contribution is 6.47. The highest BCUT2D eigenvalue weighted by Crippen LogP contribution is 2.54. The van der Waals surface area contributed by atoms with E-state index in [2.05, 4.69) is 0 Å². The first-order valence-corrected chi connectivity index (χ1v) is 8.83. The number of ketones is 2. The lowest BCUT2D eigenvalue weighted by Crippen LogP contribution is -2.35. The van der Waals surface area contributed by atoms with Crippen LogP contribution in [0.2, 0.25) is 0 Å². The van der Waals surface area contributed by atoms with Gasteiger partial charge in [-0.05, 0) is 41.0 Å². The zero-order valence-electron chi connectivity index (χ0n) is 14.8. The molecule has 0 aromatic heterocycles. The minimum absolute atomic E-state index is 0.0668. The number of Topliss-reactive ketones (excluding diaryl/α,β-unsaturated/α-hetero) is 1. The molecule has 5 rings (SSSR count). The lowest BCUT2D eigenvalue weighted by Gasteiger charge is -2.37. The van der Waals surface area contributed by atoms with Gasteiger partial charge in [0, 0.05) is 11.8 Å². The van der Waals surface area contributed by atoms with Gasteiger partial charge in [-0.2, -0.15) is 0 Å². The fourth-order valence-electron chi connectivity index (χ4n) is 4.46. The van der Waals surface area contributed by atoms with E-state index in [-0.39, 0.29) is 19.2 Å². The molecule has 4 aliphatic rings. The van der Waals surface area contributed by atoms with E-state index in [1.54, 1.807) is 12.1 Å². The summed E-state index contributed by atoms with van der Waals surface area (Å²) < 4.78 is 21.2. The standard InChI is InChI=1S/C20H16O8/c1-25-15-3-8(2-12(21)19(15)23)16-9-4-13-14(28-7-27-13)5-10(9)18(22)11-6-26-20(24)17(11)16/h2-5,11,16-18,22H,6-7H2,1H3/t11-,16+,17-,18+/m0/s1. The summed E-state index contributed by atoms with van der Waals surface area (Å²) in [6.45, 7) is 0.146. The fraction of sp³-hybridized carbons (Fsp3) is 0.350. The summed E-state index contributed by atoms with van der Waals surface area (Å²) in [5, 5.41) is 10.9. The minimum atomic E-state index is -0.926. The molecular weight excluding hydrogens is 368 g/mol. The Morgan fingerprint density at radius 3 is 2.46 bits per heavy atom. The van der Waals surface area contributed by atoms with Crippen molar-refractivity contribution in [3.8, 4) is 11.5 Å². The van der Waals surface area contributed by atoms with Gasteiger partial charge in [-0.15, -0.1) is 0 Å². The molecule has 0 amide bonds. The average Bonchev–Trinajstić information content (AvgIpc) is 3.30. The first kappa shape index (κ1) is 17.0. The first-order valence-electron chi connectivity index (χ1n) is 8.83. The van der Waals surface area contributed by atoms with Gasteiger partial charge in [0.2, 0.25) is 12.6 Å². The SMILES string of the molecule is COC1=CC([C@@H]2c3cc4c(cc3[C@@H](O)[C@H]3COC(=O)[C@@H]32)OCO4)=CC(=O)C1=O. The predicted molar refractivity (Wildman–Crippen MR) is 91.4 cm³/mol. The number of methoxy groups -OCH3 is 1. The van der Waals surface area contributed by atoms with Crippen molar-refractivity contribution in [1.29, 1.82) is 0 Å². The summed E-state index contributed by atoms with van der Waals surface area (Å²) in [6.07, 6.45) is 1.78. The number of benzene rings is 1. The molecule has 0 spiro atoms. The highest BCUT2D eigenvalue weighted by Gasteiger charge is 2.52. The molecule has 2 heterocycles. The molecule has 0 bridgehead atoms. The highest BCUT2D eigenvalue weighted by atomic mass is 16.7. The number of ether oxygens (including phenoxy) is 4. The number of rotatable bonds is 2. The number of aliphatic hydroxyl groups is 1. The van der Waals surface area contributed by atoms with Gasteiger partial charge in [0.25, 0.3) is 5.78 Å². The molecule has 1 fully saturated rings. The molecule has 8 nitrogen and oxygen atoms in total. The van der Waals surface area contributed by atoms with Gasteiger partial charge in [0.15, 0.2) is 17.3 Å². The molecule has 0 unspecified atom stereocenters. The van der Waals surface area contributed by atoms with Crippen LogP contribution in [-0.4, -0.2) is 43.2 Å². The van der Waals surface area contributed by atoms with Crippen molar-refractivity contribution < 1.29 is 38.4 Å². The number of hydrogen-bond donors (Lipinski definition) is 1. The van der Waals surface area contributed by atoms with Crippen LogP contribution in [0.3, 0.4) is 0 Å². The maximum Gasteiger partial charge on any atom is 0.310 e. The maximum absolute atomic E-state index is 12.5. The third-order valence-corrected chi connectivity index (χ3v) is 5.77. The van der Waals surface area contributed by atoms with Gasteiger partial charge in [0.05, 0.1) is 25.7 Å². The van der Waals surface area contributed by atoms with Gasteiger partial charge in [-0.1, -0.05) is 0 Å². The number of carbonyl (C=O) groups is 3. The quantitative estimate of drug-likeness (QED) is 0.456. The Bertz CT molecular complexity index is 988. The molecule has 2 aliphatic heterocycles. The van der Waals surface area contributed by atoms with E-state index < -0.39 is 41.4 Å². The molecule has 0 saturated carbocycles. The molecule has 1 aromatic rings. The Kier molecular flexibility index (Phi) is 3.60. The summed E-state index contributed by atoms with van der Waals surface area (Å²) in [5.41, 5.74) is 1.69. The Morgan fingerprint density at radius 2 is 1.75 bits per heavy atom. The van der Waals surface area contributed by atoms with Crippen LogP contribution < -0.4 is 9.47 Å². The first-order chi connectivity index (χ1) is 13.5. The lowest BCUT2D eigenvalue weighted by atomic mass is 9.65. The molecule has 144 valence electrons. The van der Waals surface area contributed by atoms with Crippen molar-refractivity contribution in [2.24, 2.45) is 11.8 Å². The van der Waals surface area contributed by atoms with E-state index in [9.17, 15) is 19.5 Å². The van der Waals surface area contributed by atoms with Gasteiger partial charge >= 0.3 is 5.97 Å². The summed E-state index contributed by atoms with van der Waals surface area (Å²) in [4.78, 5) is 36.7. The maximum atomic E-state index is 12.5. The second kappa shape index (κ2) is 5.93. The van der Waals surface area contributed by atoms with Crippen LogP contribution in [0.4, 0.5) is 0 Å². The van der Waals surface area contributed by atoms with Crippen LogP contribution in [0, 0.1) is 11.8 Å². The van der Waals surface area contributed by atoms with Gasteiger partial charge < -0.3 is 24.1 Å². The Hall–Kier alpha value is -3.13. The average molecular weight is 384 g/mol. The molecule has 1 N–H and O–H groups in total. The number of carbonyl (C=O) groups excluding carboxylic acids is 3. The molecular formula is C20H16O8. The fourth-order valence-corrected chi connectivity index (χ4v) is 4.46. The minimum Gasteiger partial charge on any atom is -0.492 e. The van der Waals surface area contributed by atoms with E-state index in [0.29, 0.717) is 28.2 Å². The third kappa shape index (κ3) is 2.24. The van der Waals surface area contributed by atoms with Gasteiger partial charge in [-0.25, -0.2) is 0 Å². The largest absolute Gasteiger partial charge is 0.492 e. The Balaban J connectivity index is 1.72. The Morgan fingerprint density at radius 1 is 1.04 bits per heavy atom. The number of esters is 1. The molecule has 8 heteroatoms. The number of fused-ring (bicyclic) bond motifs is 3. The van der Waals surface area contributed by atoms with Crippen LogP contribution in [-0.2, 0) is 23.9 Å². The van der Waals surface area contributed by atoms with Crippen LogP contribution in [0.1, 0.15) is 23.1 Å². The normalized spacial score (nSPS) is 30.3. The van der Waals surface area contributed by atoms with Crippen molar-refractivity contribution in [3.05, 3.63) is 46.7 Å². The van der Waals surface area contributed by atoms with E-state index in [4.69, 9.17) is 18.9 Å². The van der Waals surface area contributed by atoms with Crippen LogP contribution in [0.25, 0.3) is 0 Å². The summed E-state index contributed by atoms with van der Waals surface area (Å²) >= 11 is 0. The second-order valence-corrected chi connectivity index (χ2v) is 7.13. The van der Waals surface area contributed by atoms with Crippen LogP contribution in [0.15, 0.2) is 35.6 Å². The molecule has 2 aliphatic carbocycles. The van der Waals surface area contributed by atoms with Crippen molar-refractivity contribution in [3.63, 3.8) is 0 Å². The molecule has 28 heavy (non-hydrogen) atoms. The van der Waals surface area contributed by atoms with Gasteiger partial charge in [0.1, 0.15) is 0 Å². The monoisotopic (exact) mass is 384 g/mol. The summed E-state index contributed by atoms with van der Waals surface area (Å²) in [5.74, 6) is -2.73. The summed E-state index contributed by atoms with van der Waals surface area (Å²) in [6, 6.07) is 3.42. The van der Waals surface area contributed by atoms with Crippen molar-refractivity contribution in [1.82, 2.24) is 0 Å².